The number of halogens is 1. The Labute approximate surface area is 153 Å². The van der Waals surface area contributed by atoms with E-state index in [0.29, 0.717) is 43.7 Å². The number of urea groups is 1. The van der Waals surface area contributed by atoms with Gasteiger partial charge >= 0.3 is 6.03 Å². The van der Waals surface area contributed by atoms with E-state index in [9.17, 15) is 4.79 Å². The van der Waals surface area contributed by atoms with Gasteiger partial charge in [0, 0.05) is 23.9 Å². The Balaban J connectivity index is 1.78. The lowest BCUT2D eigenvalue weighted by Crippen LogP contribution is -2.28. The first-order valence-corrected chi connectivity index (χ1v) is 8.59. The summed E-state index contributed by atoms with van der Waals surface area (Å²) < 4.78 is 10.8. The third kappa shape index (κ3) is 7.13. The van der Waals surface area contributed by atoms with Crippen LogP contribution in [0.25, 0.3) is 0 Å². The zero-order chi connectivity index (χ0) is 17.9. The number of benzene rings is 2. The van der Waals surface area contributed by atoms with E-state index in [1.54, 1.807) is 6.07 Å². The molecule has 2 N–H and O–H groups in total. The maximum atomic E-state index is 12.0. The van der Waals surface area contributed by atoms with Crippen LogP contribution in [0.5, 0.6) is 0 Å². The minimum atomic E-state index is -0.283. The summed E-state index contributed by atoms with van der Waals surface area (Å²) in [5.41, 5.74) is 2.57. The molecule has 134 valence electrons. The van der Waals surface area contributed by atoms with Gasteiger partial charge in [0.1, 0.15) is 0 Å². The summed E-state index contributed by atoms with van der Waals surface area (Å²) in [7, 11) is 0. The topological polar surface area (TPSA) is 59.6 Å². The lowest BCUT2D eigenvalue weighted by atomic mass is 10.2. The second kappa shape index (κ2) is 10.7. The molecule has 25 heavy (non-hydrogen) atoms. The maximum Gasteiger partial charge on any atom is 0.319 e. The van der Waals surface area contributed by atoms with E-state index in [0.717, 1.165) is 11.1 Å². The summed E-state index contributed by atoms with van der Waals surface area (Å²) >= 11 is 6.07. The first-order valence-electron chi connectivity index (χ1n) is 8.21. The Kier molecular flexibility index (Phi) is 8.25. The fraction of sp³-hybridized carbons (Fsp3) is 0.316. The van der Waals surface area contributed by atoms with Crippen molar-refractivity contribution in [3.63, 3.8) is 0 Å². The van der Waals surface area contributed by atoms with Gasteiger partial charge in [-0.1, -0.05) is 41.9 Å². The minimum absolute atomic E-state index is 0.283. The summed E-state index contributed by atoms with van der Waals surface area (Å²) in [5.74, 6) is 0. The lowest BCUT2D eigenvalue weighted by Gasteiger charge is -2.10. The van der Waals surface area contributed by atoms with E-state index in [-0.39, 0.29) is 6.03 Å². The molecule has 0 saturated heterocycles. The Morgan fingerprint density at radius 1 is 1.08 bits per heavy atom. The quantitative estimate of drug-likeness (QED) is 0.657. The van der Waals surface area contributed by atoms with Crippen LogP contribution in [0.2, 0.25) is 5.02 Å². The highest BCUT2D eigenvalue weighted by Crippen LogP contribution is 2.15. The van der Waals surface area contributed by atoms with Crippen LogP contribution in [0.1, 0.15) is 18.1 Å². The molecule has 2 rings (SSSR count). The molecule has 2 aromatic rings. The van der Waals surface area contributed by atoms with Gasteiger partial charge in [0.25, 0.3) is 0 Å². The SMILES string of the molecule is CCOCCOCc1cccc(NC(=O)NCc2ccccc2Cl)c1. The van der Waals surface area contributed by atoms with E-state index < -0.39 is 0 Å². The number of ether oxygens (including phenoxy) is 2. The van der Waals surface area contributed by atoms with E-state index in [1.807, 2.05) is 49.4 Å². The van der Waals surface area contributed by atoms with Gasteiger partial charge in [-0.15, -0.1) is 0 Å². The fourth-order valence-electron chi connectivity index (χ4n) is 2.18. The van der Waals surface area contributed by atoms with Gasteiger partial charge in [-0.2, -0.15) is 0 Å². The first-order chi connectivity index (χ1) is 12.2. The highest BCUT2D eigenvalue weighted by molar-refractivity contribution is 6.31. The highest BCUT2D eigenvalue weighted by Gasteiger charge is 2.04. The second-order valence-corrected chi connectivity index (χ2v) is 5.76. The monoisotopic (exact) mass is 362 g/mol. The van der Waals surface area contributed by atoms with Crippen molar-refractivity contribution in [1.29, 1.82) is 0 Å². The van der Waals surface area contributed by atoms with Crippen LogP contribution in [0.15, 0.2) is 48.5 Å². The molecule has 0 aliphatic heterocycles. The van der Waals surface area contributed by atoms with Crippen molar-refractivity contribution < 1.29 is 14.3 Å². The third-order valence-electron chi connectivity index (χ3n) is 3.43. The molecule has 2 aromatic carbocycles. The van der Waals surface area contributed by atoms with Crippen LogP contribution in [-0.4, -0.2) is 25.9 Å². The zero-order valence-corrected chi connectivity index (χ0v) is 15.0. The largest absolute Gasteiger partial charge is 0.379 e. The van der Waals surface area contributed by atoms with E-state index in [4.69, 9.17) is 21.1 Å². The van der Waals surface area contributed by atoms with Crippen LogP contribution < -0.4 is 10.6 Å². The number of carbonyl (C=O) groups excluding carboxylic acids is 1. The van der Waals surface area contributed by atoms with Gasteiger partial charge in [-0.25, -0.2) is 4.79 Å². The number of hydrogen-bond acceptors (Lipinski definition) is 3. The standard InChI is InChI=1S/C19H23ClN2O3/c1-2-24-10-11-25-14-15-6-5-8-17(12-15)22-19(23)21-13-16-7-3-4-9-18(16)20/h3-9,12H,2,10-11,13-14H2,1H3,(H2,21,22,23). The van der Waals surface area contributed by atoms with Gasteiger partial charge in [-0.05, 0) is 36.2 Å². The molecule has 0 radical (unpaired) electrons. The Hall–Kier alpha value is -2.08. The van der Waals surface area contributed by atoms with Crippen molar-refractivity contribution in [3.8, 4) is 0 Å². The van der Waals surface area contributed by atoms with Gasteiger partial charge in [0.15, 0.2) is 0 Å². The fourth-order valence-corrected chi connectivity index (χ4v) is 2.39. The lowest BCUT2D eigenvalue weighted by molar-refractivity contribution is 0.0453. The van der Waals surface area contributed by atoms with Crippen LogP contribution in [-0.2, 0) is 22.6 Å². The Morgan fingerprint density at radius 2 is 1.88 bits per heavy atom. The number of hydrogen-bond donors (Lipinski definition) is 2. The predicted molar refractivity (Wildman–Crippen MR) is 99.9 cm³/mol. The zero-order valence-electron chi connectivity index (χ0n) is 14.3. The molecular formula is C19H23ClN2O3. The molecule has 0 aromatic heterocycles. The van der Waals surface area contributed by atoms with E-state index in [2.05, 4.69) is 10.6 Å². The molecule has 0 aliphatic carbocycles. The maximum absolute atomic E-state index is 12.0. The smallest absolute Gasteiger partial charge is 0.319 e. The number of amides is 2. The van der Waals surface area contributed by atoms with Crippen molar-refractivity contribution in [2.45, 2.75) is 20.1 Å². The van der Waals surface area contributed by atoms with Crippen LogP contribution in [0.3, 0.4) is 0 Å². The van der Waals surface area contributed by atoms with Crippen molar-refractivity contribution in [2.24, 2.45) is 0 Å². The summed E-state index contributed by atoms with van der Waals surface area (Å²) in [5, 5.41) is 6.23. The second-order valence-electron chi connectivity index (χ2n) is 5.35. The van der Waals surface area contributed by atoms with Crippen molar-refractivity contribution >= 4 is 23.3 Å². The molecule has 0 heterocycles. The number of nitrogens with one attached hydrogen (secondary N) is 2. The summed E-state index contributed by atoms with van der Waals surface area (Å²) in [6.07, 6.45) is 0. The van der Waals surface area contributed by atoms with E-state index in [1.165, 1.54) is 0 Å². The molecule has 0 bridgehead atoms. The molecular weight excluding hydrogens is 340 g/mol. The van der Waals surface area contributed by atoms with Crippen LogP contribution in [0.4, 0.5) is 10.5 Å². The van der Waals surface area contributed by atoms with Gasteiger partial charge in [0.05, 0.1) is 19.8 Å². The van der Waals surface area contributed by atoms with Gasteiger partial charge in [0.2, 0.25) is 0 Å². The summed E-state index contributed by atoms with van der Waals surface area (Å²) in [6, 6.07) is 14.7. The van der Waals surface area contributed by atoms with Crippen molar-refractivity contribution in [3.05, 3.63) is 64.7 Å². The molecule has 2 amide bonds. The Morgan fingerprint density at radius 3 is 2.68 bits per heavy atom. The van der Waals surface area contributed by atoms with Crippen molar-refractivity contribution in [1.82, 2.24) is 5.32 Å². The summed E-state index contributed by atoms with van der Waals surface area (Å²) in [6.45, 7) is 4.61. The van der Waals surface area contributed by atoms with Gasteiger partial charge in [-0.3, -0.25) is 0 Å². The van der Waals surface area contributed by atoms with Gasteiger partial charge < -0.3 is 20.1 Å². The molecule has 0 saturated carbocycles. The molecule has 0 aliphatic rings. The summed E-state index contributed by atoms with van der Waals surface area (Å²) in [4.78, 5) is 12.0. The average molecular weight is 363 g/mol. The molecule has 0 atom stereocenters. The third-order valence-corrected chi connectivity index (χ3v) is 3.80. The van der Waals surface area contributed by atoms with Crippen molar-refractivity contribution in [2.75, 3.05) is 25.1 Å². The first kappa shape index (κ1) is 19.2. The minimum Gasteiger partial charge on any atom is -0.379 e. The Bertz CT molecular complexity index is 679. The highest BCUT2D eigenvalue weighted by atomic mass is 35.5. The van der Waals surface area contributed by atoms with Crippen LogP contribution >= 0.6 is 11.6 Å². The normalized spacial score (nSPS) is 10.5. The van der Waals surface area contributed by atoms with Crippen LogP contribution in [0, 0.1) is 0 Å². The number of carbonyl (C=O) groups is 1. The average Bonchev–Trinajstić information content (AvgIpc) is 2.61. The molecule has 0 fully saturated rings. The number of anilines is 1. The predicted octanol–water partition coefficient (Wildman–Crippen LogP) is 4.21. The number of rotatable bonds is 9. The molecule has 0 unspecified atom stereocenters. The molecule has 5 nitrogen and oxygen atoms in total. The molecule has 6 heteroatoms. The van der Waals surface area contributed by atoms with E-state index >= 15 is 0 Å². The molecule has 0 spiro atoms.